The van der Waals surface area contributed by atoms with Gasteiger partial charge in [-0.05, 0) is 23.8 Å². The van der Waals surface area contributed by atoms with Gasteiger partial charge in [0.1, 0.15) is 5.82 Å². The van der Waals surface area contributed by atoms with E-state index in [-0.39, 0.29) is 0 Å². The average molecular weight is 243 g/mol. The zero-order chi connectivity index (χ0) is 12.8. The number of fused-ring (bicyclic) bond motifs is 1. The molecule has 0 bridgehead atoms. The number of benzene rings is 2. The van der Waals surface area contributed by atoms with Crippen molar-refractivity contribution in [2.45, 2.75) is 5.60 Å². The maximum atomic E-state index is 12.9. The molecule has 1 atom stereocenters. The number of carbonyl (C=O) groups is 1. The fourth-order valence-electron chi connectivity index (χ4n) is 2.22. The molecular weight excluding hydrogens is 233 g/mol. The van der Waals surface area contributed by atoms with E-state index in [0.29, 0.717) is 16.8 Å². The number of amides is 1. The van der Waals surface area contributed by atoms with Gasteiger partial charge in [-0.1, -0.05) is 30.3 Å². The van der Waals surface area contributed by atoms with Crippen molar-refractivity contribution in [2.24, 2.45) is 0 Å². The number of rotatable bonds is 1. The molecule has 0 radical (unpaired) electrons. The van der Waals surface area contributed by atoms with Gasteiger partial charge < -0.3 is 10.4 Å². The zero-order valence-corrected chi connectivity index (χ0v) is 9.35. The molecule has 2 aromatic rings. The van der Waals surface area contributed by atoms with Crippen molar-refractivity contribution in [3.8, 4) is 0 Å². The molecule has 18 heavy (non-hydrogen) atoms. The summed E-state index contributed by atoms with van der Waals surface area (Å²) in [7, 11) is 0. The summed E-state index contributed by atoms with van der Waals surface area (Å²) >= 11 is 0. The Morgan fingerprint density at radius 3 is 2.44 bits per heavy atom. The molecule has 0 saturated heterocycles. The SMILES string of the molecule is O=C1Nc2ccccc2C1(O)c1ccc(F)cc1. The van der Waals surface area contributed by atoms with Gasteiger partial charge in [0.2, 0.25) is 0 Å². The highest BCUT2D eigenvalue weighted by molar-refractivity contribution is 6.07. The lowest BCUT2D eigenvalue weighted by molar-refractivity contribution is -0.129. The van der Waals surface area contributed by atoms with Crippen LogP contribution in [0.4, 0.5) is 10.1 Å². The molecule has 1 amide bonds. The van der Waals surface area contributed by atoms with E-state index in [1.54, 1.807) is 24.3 Å². The van der Waals surface area contributed by atoms with Crippen LogP contribution in [0.1, 0.15) is 11.1 Å². The number of halogens is 1. The Balaban J connectivity index is 2.20. The van der Waals surface area contributed by atoms with E-state index in [9.17, 15) is 14.3 Å². The Morgan fingerprint density at radius 2 is 1.72 bits per heavy atom. The lowest BCUT2D eigenvalue weighted by Gasteiger charge is -2.21. The molecule has 3 rings (SSSR count). The van der Waals surface area contributed by atoms with E-state index in [1.807, 2.05) is 0 Å². The first kappa shape index (κ1) is 10.9. The number of carbonyl (C=O) groups excluding carboxylic acids is 1. The summed E-state index contributed by atoms with van der Waals surface area (Å²) in [4.78, 5) is 12.0. The van der Waals surface area contributed by atoms with Crippen LogP contribution in [0.3, 0.4) is 0 Å². The fourth-order valence-corrected chi connectivity index (χ4v) is 2.22. The molecule has 0 saturated carbocycles. The van der Waals surface area contributed by atoms with Gasteiger partial charge in [-0.2, -0.15) is 0 Å². The second kappa shape index (κ2) is 3.65. The Labute approximate surface area is 103 Å². The zero-order valence-electron chi connectivity index (χ0n) is 9.35. The summed E-state index contributed by atoms with van der Waals surface area (Å²) in [6, 6.07) is 12.2. The van der Waals surface area contributed by atoms with Gasteiger partial charge in [-0.25, -0.2) is 4.39 Å². The number of para-hydroxylation sites is 1. The van der Waals surface area contributed by atoms with E-state index >= 15 is 0 Å². The Hall–Kier alpha value is -2.20. The maximum Gasteiger partial charge on any atom is 0.265 e. The van der Waals surface area contributed by atoms with Gasteiger partial charge in [0.15, 0.2) is 5.60 Å². The summed E-state index contributed by atoms with van der Waals surface area (Å²) < 4.78 is 12.9. The molecule has 1 heterocycles. The number of hydrogen-bond donors (Lipinski definition) is 2. The van der Waals surface area contributed by atoms with Crippen LogP contribution in [0.5, 0.6) is 0 Å². The Kier molecular flexibility index (Phi) is 2.21. The summed E-state index contributed by atoms with van der Waals surface area (Å²) in [5.41, 5.74) is -0.327. The van der Waals surface area contributed by atoms with Crippen molar-refractivity contribution >= 4 is 11.6 Å². The van der Waals surface area contributed by atoms with Gasteiger partial charge in [0.25, 0.3) is 5.91 Å². The molecule has 2 aromatic carbocycles. The van der Waals surface area contributed by atoms with Crippen LogP contribution in [0.2, 0.25) is 0 Å². The average Bonchev–Trinajstić information content (AvgIpc) is 2.64. The predicted octanol–water partition coefficient (Wildman–Crippen LogP) is 2.01. The molecule has 4 heteroatoms. The van der Waals surface area contributed by atoms with Crippen molar-refractivity contribution < 1.29 is 14.3 Å². The van der Waals surface area contributed by atoms with E-state index in [2.05, 4.69) is 5.32 Å². The van der Waals surface area contributed by atoms with Crippen molar-refractivity contribution in [1.82, 2.24) is 0 Å². The summed E-state index contributed by atoms with van der Waals surface area (Å²) in [5, 5.41) is 13.3. The second-order valence-corrected chi connectivity index (χ2v) is 4.22. The van der Waals surface area contributed by atoms with Gasteiger partial charge >= 0.3 is 0 Å². The van der Waals surface area contributed by atoms with Crippen LogP contribution in [0, 0.1) is 5.82 Å². The smallest absolute Gasteiger partial charge is 0.265 e. The Bertz CT molecular complexity index is 624. The van der Waals surface area contributed by atoms with Crippen molar-refractivity contribution in [1.29, 1.82) is 0 Å². The first-order chi connectivity index (χ1) is 8.62. The second-order valence-electron chi connectivity index (χ2n) is 4.22. The summed E-state index contributed by atoms with van der Waals surface area (Å²) in [6.07, 6.45) is 0. The van der Waals surface area contributed by atoms with Gasteiger partial charge in [0, 0.05) is 11.3 Å². The normalized spacial score (nSPS) is 21.6. The predicted molar refractivity (Wildman–Crippen MR) is 64.5 cm³/mol. The molecule has 1 aliphatic rings. The first-order valence-corrected chi connectivity index (χ1v) is 5.52. The first-order valence-electron chi connectivity index (χ1n) is 5.52. The van der Waals surface area contributed by atoms with E-state index < -0.39 is 17.3 Å². The molecule has 0 aliphatic carbocycles. The lowest BCUT2D eigenvalue weighted by Crippen LogP contribution is -2.35. The molecule has 2 N–H and O–H groups in total. The minimum absolute atomic E-state index is 0.353. The minimum Gasteiger partial charge on any atom is -0.372 e. The number of nitrogens with one attached hydrogen (secondary N) is 1. The van der Waals surface area contributed by atoms with Crippen LogP contribution in [-0.2, 0) is 10.4 Å². The highest BCUT2D eigenvalue weighted by Gasteiger charge is 2.46. The van der Waals surface area contributed by atoms with Crippen LogP contribution in [0.15, 0.2) is 48.5 Å². The van der Waals surface area contributed by atoms with Crippen molar-refractivity contribution in [3.05, 3.63) is 65.5 Å². The monoisotopic (exact) mass is 243 g/mol. The number of anilines is 1. The largest absolute Gasteiger partial charge is 0.372 e. The van der Waals surface area contributed by atoms with E-state index in [1.165, 1.54) is 24.3 Å². The summed E-state index contributed by atoms with van der Waals surface area (Å²) in [6.45, 7) is 0. The maximum absolute atomic E-state index is 12.9. The molecule has 3 nitrogen and oxygen atoms in total. The fraction of sp³-hybridized carbons (Fsp3) is 0.0714. The van der Waals surface area contributed by atoms with Gasteiger partial charge in [0.05, 0.1) is 0 Å². The van der Waals surface area contributed by atoms with Gasteiger partial charge in [-0.3, -0.25) is 4.79 Å². The minimum atomic E-state index is -1.75. The third kappa shape index (κ3) is 1.36. The van der Waals surface area contributed by atoms with Gasteiger partial charge in [-0.15, -0.1) is 0 Å². The number of aliphatic hydroxyl groups is 1. The van der Waals surface area contributed by atoms with Crippen LogP contribution >= 0.6 is 0 Å². The highest BCUT2D eigenvalue weighted by atomic mass is 19.1. The van der Waals surface area contributed by atoms with Crippen LogP contribution in [-0.4, -0.2) is 11.0 Å². The number of hydrogen-bond acceptors (Lipinski definition) is 2. The third-order valence-corrected chi connectivity index (χ3v) is 3.16. The topological polar surface area (TPSA) is 49.3 Å². The molecule has 0 aromatic heterocycles. The quantitative estimate of drug-likeness (QED) is 0.805. The van der Waals surface area contributed by atoms with E-state index in [0.717, 1.165) is 0 Å². The summed E-state index contributed by atoms with van der Waals surface area (Å²) in [5.74, 6) is -0.927. The van der Waals surface area contributed by atoms with Crippen LogP contribution < -0.4 is 5.32 Å². The molecule has 0 spiro atoms. The molecule has 1 unspecified atom stereocenters. The van der Waals surface area contributed by atoms with E-state index in [4.69, 9.17) is 0 Å². The molecule has 90 valence electrons. The molecule has 0 fully saturated rings. The van der Waals surface area contributed by atoms with Crippen LogP contribution in [0.25, 0.3) is 0 Å². The molecular formula is C14H10FNO2. The third-order valence-electron chi connectivity index (χ3n) is 3.16. The lowest BCUT2D eigenvalue weighted by atomic mass is 9.87. The standard InChI is InChI=1S/C14H10FNO2/c15-10-7-5-9(6-8-10)14(18)11-3-1-2-4-12(11)16-13(14)17/h1-8,18H,(H,16,17). The van der Waals surface area contributed by atoms with Crippen molar-refractivity contribution in [3.63, 3.8) is 0 Å². The molecule has 1 aliphatic heterocycles. The highest BCUT2D eigenvalue weighted by Crippen LogP contribution is 2.40. The van der Waals surface area contributed by atoms with Crippen molar-refractivity contribution in [2.75, 3.05) is 5.32 Å². The Morgan fingerprint density at radius 1 is 1.06 bits per heavy atom.